The number of benzene rings is 2. The fourth-order valence-electron chi connectivity index (χ4n) is 2.85. The molecule has 2 aromatic carbocycles. The molecule has 0 aliphatic rings. The van der Waals surface area contributed by atoms with Gasteiger partial charge in [0.25, 0.3) is 0 Å². The Balaban J connectivity index is 1.45. The third kappa shape index (κ3) is 5.42. The molecule has 0 atom stereocenters. The van der Waals surface area contributed by atoms with Crippen LogP contribution in [-0.2, 0) is 13.0 Å². The fourth-order valence-corrected chi connectivity index (χ4v) is 2.85. The van der Waals surface area contributed by atoms with Gasteiger partial charge in [0.05, 0.1) is 11.0 Å². The third-order valence-corrected chi connectivity index (χ3v) is 4.18. The molecule has 148 valence electrons. The van der Waals surface area contributed by atoms with Crippen LogP contribution in [0.3, 0.4) is 0 Å². The second-order valence-corrected chi connectivity index (χ2v) is 6.14. The maximum absolute atomic E-state index is 12.5. The lowest BCUT2D eigenvalue weighted by molar-refractivity contribution is -0.0504. The Morgan fingerprint density at radius 3 is 2.71 bits per heavy atom. The monoisotopic (exact) mass is 387 g/mol. The first-order valence-electron chi connectivity index (χ1n) is 9.06. The number of nitrogens with one attached hydrogen (secondary N) is 3. The number of guanidine groups is 1. The fraction of sp³-hybridized carbons (Fsp3) is 0.300. The average molecular weight is 387 g/mol. The lowest BCUT2D eigenvalue weighted by Crippen LogP contribution is -2.37. The number of para-hydroxylation sites is 3. The van der Waals surface area contributed by atoms with Crippen LogP contribution in [0.15, 0.2) is 53.5 Å². The lowest BCUT2D eigenvalue weighted by Gasteiger charge is -2.14. The van der Waals surface area contributed by atoms with Crippen LogP contribution in [0.2, 0.25) is 0 Å². The Hall–Kier alpha value is -3.16. The summed E-state index contributed by atoms with van der Waals surface area (Å²) < 4.78 is 29.5. The van der Waals surface area contributed by atoms with Crippen LogP contribution in [-0.4, -0.2) is 36.1 Å². The number of halogens is 2. The summed E-state index contributed by atoms with van der Waals surface area (Å²) in [5.74, 6) is 1.70. The van der Waals surface area contributed by atoms with E-state index in [4.69, 9.17) is 0 Å². The summed E-state index contributed by atoms with van der Waals surface area (Å²) in [6.07, 6.45) is 1.68. The summed E-state index contributed by atoms with van der Waals surface area (Å²) >= 11 is 0. The van der Waals surface area contributed by atoms with Crippen LogP contribution < -0.4 is 15.4 Å². The molecule has 0 spiro atoms. The van der Waals surface area contributed by atoms with E-state index >= 15 is 0 Å². The van der Waals surface area contributed by atoms with Crippen molar-refractivity contribution < 1.29 is 13.5 Å². The van der Waals surface area contributed by atoms with Gasteiger partial charge in [-0.05, 0) is 24.6 Å². The zero-order chi connectivity index (χ0) is 19.8. The number of imidazole rings is 1. The Morgan fingerprint density at radius 1 is 1.14 bits per heavy atom. The molecule has 0 aliphatic carbocycles. The predicted molar refractivity (Wildman–Crippen MR) is 106 cm³/mol. The van der Waals surface area contributed by atoms with Crippen molar-refractivity contribution in [3.8, 4) is 5.75 Å². The summed E-state index contributed by atoms with van der Waals surface area (Å²) in [5.41, 5.74) is 2.63. The van der Waals surface area contributed by atoms with Crippen molar-refractivity contribution in [2.45, 2.75) is 26.0 Å². The van der Waals surface area contributed by atoms with Crippen molar-refractivity contribution >= 4 is 17.0 Å². The van der Waals surface area contributed by atoms with Crippen molar-refractivity contribution in [1.82, 2.24) is 20.6 Å². The second kappa shape index (κ2) is 9.68. The minimum Gasteiger partial charge on any atom is -0.434 e. The zero-order valence-corrected chi connectivity index (χ0v) is 15.6. The molecule has 3 aromatic rings. The highest BCUT2D eigenvalue weighted by molar-refractivity contribution is 5.79. The van der Waals surface area contributed by atoms with E-state index in [9.17, 15) is 8.78 Å². The molecule has 0 amide bonds. The number of ether oxygens (including phenoxy) is 1. The van der Waals surface area contributed by atoms with E-state index in [0.29, 0.717) is 24.6 Å². The van der Waals surface area contributed by atoms with E-state index in [2.05, 4.69) is 30.3 Å². The molecule has 0 saturated heterocycles. The van der Waals surface area contributed by atoms with E-state index in [0.717, 1.165) is 29.7 Å². The molecular weight excluding hydrogens is 364 g/mol. The molecule has 0 fully saturated rings. The van der Waals surface area contributed by atoms with Gasteiger partial charge in [-0.3, -0.25) is 4.99 Å². The second-order valence-electron chi connectivity index (χ2n) is 6.14. The van der Waals surface area contributed by atoms with Crippen molar-refractivity contribution in [2.75, 3.05) is 13.6 Å². The molecule has 0 saturated carbocycles. The first kappa shape index (κ1) is 19.6. The van der Waals surface area contributed by atoms with E-state index in [-0.39, 0.29) is 5.75 Å². The summed E-state index contributed by atoms with van der Waals surface area (Å²) in [4.78, 5) is 12.0. The summed E-state index contributed by atoms with van der Waals surface area (Å²) in [7, 11) is 1.66. The zero-order valence-electron chi connectivity index (χ0n) is 15.6. The maximum Gasteiger partial charge on any atom is 0.387 e. The molecule has 0 unspecified atom stereocenters. The molecule has 0 aliphatic heterocycles. The minimum atomic E-state index is -2.85. The van der Waals surface area contributed by atoms with Gasteiger partial charge in [-0.25, -0.2) is 4.98 Å². The number of fused-ring (bicyclic) bond motifs is 1. The largest absolute Gasteiger partial charge is 0.434 e. The van der Waals surface area contributed by atoms with Crippen LogP contribution in [0.25, 0.3) is 11.0 Å². The number of aromatic nitrogens is 2. The molecule has 28 heavy (non-hydrogen) atoms. The Kier molecular flexibility index (Phi) is 6.78. The number of aromatic amines is 1. The number of rotatable bonds is 8. The van der Waals surface area contributed by atoms with Crippen molar-refractivity contribution in [2.24, 2.45) is 4.99 Å². The standard InChI is InChI=1S/C20H23F2N5O/c1-23-20(25-13-14-7-2-5-10-17(14)28-19(21)22)24-12-6-11-18-26-15-8-3-4-9-16(15)27-18/h2-5,7-10,19H,6,11-13H2,1H3,(H,26,27)(H2,23,24,25). The summed E-state index contributed by atoms with van der Waals surface area (Å²) in [6.45, 7) is -1.82. The Labute approximate surface area is 162 Å². The average Bonchev–Trinajstić information content (AvgIpc) is 3.11. The summed E-state index contributed by atoms with van der Waals surface area (Å²) in [5, 5.41) is 6.32. The first-order chi connectivity index (χ1) is 13.7. The van der Waals surface area contributed by atoms with Gasteiger partial charge >= 0.3 is 6.61 Å². The SMILES string of the molecule is CN=C(NCCCc1nc2ccccc2[nH]1)NCc1ccccc1OC(F)F. The predicted octanol–water partition coefficient (Wildman–Crippen LogP) is 3.46. The van der Waals surface area contributed by atoms with Crippen LogP contribution in [0, 0.1) is 0 Å². The molecule has 0 bridgehead atoms. The van der Waals surface area contributed by atoms with E-state index in [1.807, 2.05) is 24.3 Å². The van der Waals surface area contributed by atoms with Gasteiger partial charge in [-0.1, -0.05) is 30.3 Å². The molecule has 3 N–H and O–H groups in total. The van der Waals surface area contributed by atoms with E-state index in [1.165, 1.54) is 6.07 Å². The number of alkyl halides is 2. The van der Waals surface area contributed by atoms with Gasteiger partial charge in [-0.15, -0.1) is 0 Å². The highest BCUT2D eigenvalue weighted by Crippen LogP contribution is 2.19. The topological polar surface area (TPSA) is 74.3 Å². The molecule has 1 heterocycles. The minimum absolute atomic E-state index is 0.158. The Bertz CT molecular complexity index is 893. The van der Waals surface area contributed by atoms with E-state index in [1.54, 1.807) is 25.2 Å². The third-order valence-electron chi connectivity index (χ3n) is 4.18. The molecule has 1 aromatic heterocycles. The van der Waals surface area contributed by atoms with Crippen LogP contribution in [0.1, 0.15) is 17.8 Å². The number of hydrogen-bond acceptors (Lipinski definition) is 3. The molecule has 6 nitrogen and oxygen atoms in total. The number of aryl methyl sites for hydroxylation is 1. The van der Waals surface area contributed by atoms with Crippen LogP contribution >= 0.6 is 0 Å². The summed E-state index contributed by atoms with van der Waals surface area (Å²) in [6, 6.07) is 14.6. The van der Waals surface area contributed by atoms with Gasteiger partial charge in [0.1, 0.15) is 11.6 Å². The molecule has 0 radical (unpaired) electrons. The number of aliphatic imine (C=N–C) groups is 1. The number of hydrogen-bond donors (Lipinski definition) is 3. The van der Waals surface area contributed by atoms with Gasteiger partial charge in [0.15, 0.2) is 5.96 Å². The normalized spacial score (nSPS) is 11.8. The van der Waals surface area contributed by atoms with Crippen molar-refractivity contribution in [1.29, 1.82) is 0 Å². The number of nitrogens with zero attached hydrogens (tertiary/aromatic N) is 2. The van der Waals surface area contributed by atoms with E-state index < -0.39 is 6.61 Å². The van der Waals surface area contributed by atoms with Gasteiger partial charge in [0, 0.05) is 32.1 Å². The van der Waals surface area contributed by atoms with Crippen molar-refractivity contribution in [3.63, 3.8) is 0 Å². The van der Waals surface area contributed by atoms with Gasteiger partial charge in [0.2, 0.25) is 0 Å². The molecular formula is C20H23F2N5O. The number of H-pyrrole nitrogens is 1. The highest BCUT2D eigenvalue weighted by Gasteiger charge is 2.09. The van der Waals surface area contributed by atoms with Crippen LogP contribution in [0.5, 0.6) is 5.75 Å². The first-order valence-corrected chi connectivity index (χ1v) is 9.06. The quantitative estimate of drug-likeness (QED) is 0.314. The lowest BCUT2D eigenvalue weighted by atomic mass is 10.2. The Morgan fingerprint density at radius 2 is 1.93 bits per heavy atom. The molecule has 8 heteroatoms. The smallest absolute Gasteiger partial charge is 0.387 e. The van der Waals surface area contributed by atoms with Crippen LogP contribution in [0.4, 0.5) is 8.78 Å². The van der Waals surface area contributed by atoms with Gasteiger partial charge < -0.3 is 20.4 Å². The maximum atomic E-state index is 12.5. The van der Waals surface area contributed by atoms with Gasteiger partial charge in [-0.2, -0.15) is 8.78 Å². The van der Waals surface area contributed by atoms with Crippen molar-refractivity contribution in [3.05, 3.63) is 59.9 Å². The molecule has 3 rings (SSSR count). The highest BCUT2D eigenvalue weighted by atomic mass is 19.3.